The molecule has 38 heavy (non-hydrogen) atoms. The lowest BCUT2D eigenvalue weighted by molar-refractivity contribution is 0.0992. The number of sulfone groups is 1. The monoisotopic (exact) mass is 563 g/mol. The van der Waals surface area contributed by atoms with E-state index >= 15 is 0 Å². The van der Waals surface area contributed by atoms with Crippen LogP contribution in [0.2, 0.25) is 0 Å². The summed E-state index contributed by atoms with van der Waals surface area (Å²) in [6.07, 6.45) is 4.51. The predicted molar refractivity (Wildman–Crippen MR) is 148 cm³/mol. The van der Waals surface area contributed by atoms with Crippen LogP contribution in [0.4, 0.5) is 11.6 Å². The molecule has 1 saturated carbocycles. The van der Waals surface area contributed by atoms with E-state index in [1.165, 1.54) is 31.0 Å². The van der Waals surface area contributed by atoms with E-state index in [1.807, 2.05) is 20.8 Å². The molecule has 0 unspecified atom stereocenters. The van der Waals surface area contributed by atoms with Crippen LogP contribution in [-0.2, 0) is 26.3 Å². The first-order valence-corrected chi connectivity index (χ1v) is 16.2. The Morgan fingerprint density at radius 2 is 1.74 bits per heavy atom. The highest BCUT2D eigenvalue weighted by Crippen LogP contribution is 2.54. The van der Waals surface area contributed by atoms with Gasteiger partial charge >= 0.3 is 0 Å². The number of hydrogen-bond donors (Lipinski definition) is 2. The van der Waals surface area contributed by atoms with E-state index in [0.29, 0.717) is 22.4 Å². The van der Waals surface area contributed by atoms with Gasteiger partial charge in [-0.25, -0.2) is 21.8 Å². The average molecular weight is 564 g/mol. The minimum atomic E-state index is -3.76. The van der Waals surface area contributed by atoms with Crippen LogP contribution in [-0.4, -0.2) is 63.9 Å². The zero-order valence-corrected chi connectivity index (χ0v) is 23.9. The molecule has 1 spiro atoms. The molecule has 0 amide bonds. The summed E-state index contributed by atoms with van der Waals surface area (Å²) in [6.45, 7) is 6.59. The number of aliphatic hydroxyl groups is 1. The second kappa shape index (κ2) is 10.6. The zero-order valence-electron chi connectivity index (χ0n) is 22.2. The number of sulfonamides is 1. The Morgan fingerprint density at radius 3 is 2.34 bits per heavy atom. The maximum absolute atomic E-state index is 13.3. The number of nitrogens with one attached hydrogen (secondary N) is 1. The number of nitrogens with zero attached hydrogens (tertiary/aromatic N) is 2. The quantitative estimate of drug-likeness (QED) is 0.420. The van der Waals surface area contributed by atoms with Crippen molar-refractivity contribution in [3.05, 3.63) is 47.5 Å². The molecule has 2 aromatic rings. The van der Waals surface area contributed by atoms with Gasteiger partial charge in [0.05, 0.1) is 23.0 Å². The number of aliphatic hydroxyl groups excluding tert-OH is 1. The first-order chi connectivity index (χ1) is 17.7. The molecule has 4 rings (SSSR count). The van der Waals surface area contributed by atoms with Gasteiger partial charge in [0, 0.05) is 30.6 Å². The van der Waals surface area contributed by atoms with Crippen molar-refractivity contribution >= 4 is 37.3 Å². The van der Waals surface area contributed by atoms with Crippen molar-refractivity contribution in [3.8, 4) is 0 Å². The van der Waals surface area contributed by atoms with Crippen molar-refractivity contribution in [1.82, 2.24) is 4.98 Å². The molecule has 1 aromatic heterocycles. The summed E-state index contributed by atoms with van der Waals surface area (Å²) in [7, 11) is -7.32. The summed E-state index contributed by atoms with van der Waals surface area (Å²) >= 11 is 0. The Balaban J connectivity index is 1.60. The maximum atomic E-state index is 13.3. The number of carbonyl (C=O) groups excluding carboxylic acids is 1. The number of anilines is 2. The molecule has 1 aromatic carbocycles. The molecule has 2 N–H and O–H groups in total. The minimum Gasteiger partial charge on any atom is -0.395 e. The van der Waals surface area contributed by atoms with E-state index in [9.17, 15) is 21.6 Å². The number of carbonyl (C=O) groups is 1. The molecule has 2 aliphatic rings. The minimum absolute atomic E-state index is 0.00355. The van der Waals surface area contributed by atoms with E-state index in [4.69, 9.17) is 5.11 Å². The molecular weight excluding hydrogens is 526 g/mol. The normalized spacial score (nSPS) is 17.4. The van der Waals surface area contributed by atoms with E-state index in [2.05, 4.69) is 14.6 Å². The molecule has 0 atom stereocenters. The van der Waals surface area contributed by atoms with Gasteiger partial charge in [0.15, 0.2) is 15.6 Å². The molecule has 2 fully saturated rings. The highest BCUT2D eigenvalue weighted by Gasteiger charge is 2.44. The number of ketones is 1. The first-order valence-electron chi connectivity index (χ1n) is 12.9. The molecule has 1 aliphatic heterocycles. The van der Waals surface area contributed by atoms with Crippen LogP contribution in [0.25, 0.3) is 0 Å². The van der Waals surface area contributed by atoms with Crippen LogP contribution in [0.1, 0.15) is 62.4 Å². The van der Waals surface area contributed by atoms with Gasteiger partial charge in [0.2, 0.25) is 10.0 Å². The summed E-state index contributed by atoms with van der Waals surface area (Å²) in [5.74, 6) is -0.0351. The topological polar surface area (TPSA) is 134 Å². The second-order valence-corrected chi connectivity index (χ2v) is 15.6. The van der Waals surface area contributed by atoms with Crippen molar-refractivity contribution in [2.24, 2.45) is 10.8 Å². The van der Waals surface area contributed by atoms with Crippen LogP contribution >= 0.6 is 0 Å². The molecular formula is C27H37N3O6S2. The van der Waals surface area contributed by atoms with E-state index < -0.39 is 37.6 Å². The van der Waals surface area contributed by atoms with Crippen LogP contribution in [0, 0.1) is 10.8 Å². The highest BCUT2D eigenvalue weighted by atomic mass is 32.2. The van der Waals surface area contributed by atoms with Crippen molar-refractivity contribution in [1.29, 1.82) is 0 Å². The van der Waals surface area contributed by atoms with E-state index in [-0.39, 0.29) is 28.7 Å². The van der Waals surface area contributed by atoms with Crippen molar-refractivity contribution in [2.45, 2.75) is 57.8 Å². The zero-order chi connectivity index (χ0) is 27.8. The van der Waals surface area contributed by atoms with Gasteiger partial charge in [0.25, 0.3) is 0 Å². The van der Waals surface area contributed by atoms with Gasteiger partial charge in [0.1, 0.15) is 11.6 Å². The number of aromatic nitrogens is 1. The van der Waals surface area contributed by atoms with Crippen molar-refractivity contribution in [3.63, 3.8) is 0 Å². The maximum Gasteiger partial charge on any atom is 0.236 e. The molecule has 1 aliphatic carbocycles. The van der Waals surface area contributed by atoms with Gasteiger partial charge in [-0.1, -0.05) is 39.0 Å². The van der Waals surface area contributed by atoms with Crippen molar-refractivity contribution in [2.75, 3.05) is 40.8 Å². The number of benzene rings is 1. The SMILES string of the molecule is CC(C)(C)CS(=O)(=O)c1cccc(C(=O)Cc2ccc(NS(=O)(=O)CCO)nc2N2CCC3(CC2)CC3)c1. The summed E-state index contributed by atoms with van der Waals surface area (Å²) in [4.78, 5) is 20.1. The van der Waals surface area contributed by atoms with Crippen LogP contribution in [0.15, 0.2) is 41.3 Å². The number of rotatable bonds is 10. The molecule has 2 heterocycles. The lowest BCUT2D eigenvalue weighted by Crippen LogP contribution is -2.36. The van der Waals surface area contributed by atoms with Gasteiger partial charge in [-0.3, -0.25) is 9.52 Å². The average Bonchev–Trinajstić information content (AvgIpc) is 3.57. The number of Topliss-reactive ketones (excluding diaryl/α,β-unsaturated/α-hetero) is 1. The second-order valence-electron chi connectivity index (χ2n) is 11.8. The Kier molecular flexibility index (Phi) is 7.94. The third-order valence-corrected chi connectivity index (χ3v) is 10.6. The fourth-order valence-electron chi connectivity index (χ4n) is 4.94. The summed E-state index contributed by atoms with van der Waals surface area (Å²) in [6, 6.07) is 9.35. The van der Waals surface area contributed by atoms with Crippen LogP contribution in [0.3, 0.4) is 0 Å². The summed E-state index contributed by atoms with van der Waals surface area (Å²) in [5.41, 5.74) is 0.947. The third-order valence-electron chi connectivity index (χ3n) is 7.15. The van der Waals surface area contributed by atoms with Gasteiger partial charge in [-0.2, -0.15) is 0 Å². The van der Waals surface area contributed by atoms with Gasteiger partial charge < -0.3 is 10.0 Å². The van der Waals surface area contributed by atoms with Gasteiger partial charge in [-0.15, -0.1) is 0 Å². The highest BCUT2D eigenvalue weighted by molar-refractivity contribution is 7.92. The Labute approximate surface area is 225 Å². The van der Waals surface area contributed by atoms with E-state index in [1.54, 1.807) is 18.2 Å². The Morgan fingerprint density at radius 1 is 1.05 bits per heavy atom. The molecule has 1 saturated heterocycles. The van der Waals surface area contributed by atoms with Gasteiger partial charge in [-0.05, 0) is 54.7 Å². The Hall–Kier alpha value is -2.50. The van der Waals surface area contributed by atoms with E-state index in [0.717, 1.165) is 25.9 Å². The first kappa shape index (κ1) is 28.5. The number of pyridine rings is 1. The van der Waals surface area contributed by atoms with Crippen LogP contribution < -0.4 is 9.62 Å². The number of hydrogen-bond acceptors (Lipinski definition) is 8. The molecule has 0 radical (unpaired) electrons. The fourth-order valence-corrected chi connectivity index (χ4v) is 7.61. The molecule has 0 bridgehead atoms. The summed E-state index contributed by atoms with van der Waals surface area (Å²) in [5, 5.41) is 9.05. The predicted octanol–water partition coefficient (Wildman–Crippen LogP) is 3.44. The Bertz CT molecular complexity index is 1400. The third kappa shape index (κ3) is 7.12. The molecule has 11 heteroatoms. The largest absolute Gasteiger partial charge is 0.395 e. The number of piperidine rings is 1. The fraction of sp³-hybridized carbons (Fsp3) is 0.556. The molecule has 9 nitrogen and oxygen atoms in total. The van der Waals surface area contributed by atoms with Crippen LogP contribution in [0.5, 0.6) is 0 Å². The molecule has 208 valence electrons. The smallest absolute Gasteiger partial charge is 0.236 e. The van der Waals surface area contributed by atoms with Crippen molar-refractivity contribution < 1.29 is 26.7 Å². The lowest BCUT2D eigenvalue weighted by Gasteiger charge is -2.34. The lowest BCUT2D eigenvalue weighted by atomic mass is 9.93. The standard InChI is InChI=1S/C27H37N3O6S2/c1-26(2,3)19-37(33,34)22-6-4-5-20(17-22)23(32)18-21-7-8-24(29-38(35,36)16-15-31)28-25(21)30-13-11-27(9-10-27)12-14-30/h4-8,17,31H,9-16,18-19H2,1-3H3,(H,28,29). The summed E-state index contributed by atoms with van der Waals surface area (Å²) < 4.78 is 52.6.